The van der Waals surface area contributed by atoms with Gasteiger partial charge in [-0.2, -0.15) is 0 Å². The Bertz CT molecular complexity index is 344. The van der Waals surface area contributed by atoms with Gasteiger partial charge in [-0.25, -0.2) is 4.98 Å². The molecule has 1 atom stereocenters. The first-order chi connectivity index (χ1) is 7.13. The van der Waals surface area contributed by atoms with Crippen molar-refractivity contribution in [3.63, 3.8) is 0 Å². The molecule has 5 N–H and O–H groups in total. The fourth-order valence-corrected chi connectivity index (χ4v) is 0.873. The van der Waals surface area contributed by atoms with E-state index in [0.717, 1.165) is 0 Å². The number of carbonyl (C=O) groups is 1. The molecule has 15 heavy (non-hydrogen) atoms. The number of anilines is 2. The molecule has 1 heterocycles. The summed E-state index contributed by atoms with van der Waals surface area (Å²) in [6.07, 6.45) is 1.80. The quantitative estimate of drug-likeness (QED) is 0.485. The third-order valence-electron chi connectivity index (χ3n) is 1.70. The Morgan fingerprint density at radius 3 is 2.87 bits per heavy atom. The maximum atomic E-state index is 10.5. The second kappa shape index (κ2) is 5.11. The van der Waals surface area contributed by atoms with Crippen LogP contribution in [0.2, 0.25) is 0 Å². The summed E-state index contributed by atoms with van der Waals surface area (Å²) >= 11 is 0. The lowest BCUT2D eigenvalue weighted by Crippen LogP contribution is -2.34. The molecule has 0 saturated carbocycles. The molecule has 7 heteroatoms. The number of carbonyl (C=O) groups excluding carboxylic acids is 1. The third-order valence-corrected chi connectivity index (χ3v) is 1.70. The van der Waals surface area contributed by atoms with Crippen LogP contribution in [0.25, 0.3) is 0 Å². The van der Waals surface area contributed by atoms with Crippen LogP contribution in [0.4, 0.5) is 11.6 Å². The van der Waals surface area contributed by atoms with E-state index >= 15 is 0 Å². The molecule has 0 spiro atoms. The van der Waals surface area contributed by atoms with Crippen LogP contribution in [-0.2, 0) is 4.79 Å². The van der Waals surface area contributed by atoms with Gasteiger partial charge in [-0.3, -0.25) is 9.78 Å². The molecule has 0 bridgehead atoms. The highest BCUT2D eigenvalue weighted by atomic mass is 16.3. The summed E-state index contributed by atoms with van der Waals surface area (Å²) in [6.45, 7) is 0.0111. The molecule has 82 valence electrons. The van der Waals surface area contributed by atoms with E-state index in [1.807, 2.05) is 0 Å². The average molecular weight is 211 g/mol. The molecular formula is C8H13N5O2. The number of aromatic nitrogens is 2. The van der Waals surface area contributed by atoms with Crippen molar-refractivity contribution in [2.24, 2.45) is 5.73 Å². The van der Waals surface area contributed by atoms with E-state index in [4.69, 9.17) is 10.8 Å². The third kappa shape index (κ3) is 3.39. The lowest BCUT2D eigenvalue weighted by Gasteiger charge is -2.09. The van der Waals surface area contributed by atoms with Crippen molar-refractivity contribution in [2.75, 3.05) is 24.2 Å². The Kier molecular flexibility index (Phi) is 3.81. The molecule has 0 radical (unpaired) electrons. The number of nitrogens with one attached hydrogen (secondary N) is 2. The van der Waals surface area contributed by atoms with Gasteiger partial charge in [0, 0.05) is 7.05 Å². The van der Waals surface area contributed by atoms with Gasteiger partial charge in [-0.15, -0.1) is 0 Å². The van der Waals surface area contributed by atoms with E-state index in [2.05, 4.69) is 20.6 Å². The number of aliphatic hydroxyl groups is 1. The summed E-state index contributed by atoms with van der Waals surface area (Å²) in [6, 6.07) is 0. The van der Waals surface area contributed by atoms with Crippen LogP contribution in [0.1, 0.15) is 0 Å². The van der Waals surface area contributed by atoms with Crippen molar-refractivity contribution in [3.05, 3.63) is 12.4 Å². The van der Waals surface area contributed by atoms with Crippen LogP contribution >= 0.6 is 0 Å². The van der Waals surface area contributed by atoms with Crippen molar-refractivity contribution in [2.45, 2.75) is 6.10 Å². The molecule has 1 unspecified atom stereocenters. The second-order valence-electron chi connectivity index (χ2n) is 2.84. The Morgan fingerprint density at radius 1 is 1.60 bits per heavy atom. The topological polar surface area (TPSA) is 113 Å². The van der Waals surface area contributed by atoms with Gasteiger partial charge in [0.15, 0.2) is 0 Å². The molecule has 0 saturated heterocycles. The van der Waals surface area contributed by atoms with E-state index in [9.17, 15) is 4.79 Å². The number of nitrogens with zero attached hydrogens (tertiary/aromatic N) is 2. The molecule has 0 aliphatic rings. The Morgan fingerprint density at radius 2 is 2.27 bits per heavy atom. The molecule has 0 fully saturated rings. The van der Waals surface area contributed by atoms with Gasteiger partial charge in [-0.1, -0.05) is 0 Å². The smallest absolute Gasteiger partial charge is 0.248 e. The minimum atomic E-state index is -1.23. The highest BCUT2D eigenvalue weighted by Crippen LogP contribution is 2.05. The molecule has 1 aromatic rings. The van der Waals surface area contributed by atoms with E-state index in [0.29, 0.717) is 11.6 Å². The Hall–Kier alpha value is -1.89. The van der Waals surface area contributed by atoms with Crippen LogP contribution in [-0.4, -0.2) is 40.7 Å². The summed E-state index contributed by atoms with van der Waals surface area (Å²) in [7, 11) is 1.71. The van der Waals surface area contributed by atoms with Crippen molar-refractivity contribution in [1.82, 2.24) is 9.97 Å². The second-order valence-corrected chi connectivity index (χ2v) is 2.84. The zero-order valence-corrected chi connectivity index (χ0v) is 8.27. The zero-order chi connectivity index (χ0) is 11.3. The molecule has 0 aliphatic heterocycles. The van der Waals surface area contributed by atoms with Crippen LogP contribution < -0.4 is 16.4 Å². The first-order valence-electron chi connectivity index (χ1n) is 4.34. The van der Waals surface area contributed by atoms with Crippen LogP contribution in [0.3, 0.4) is 0 Å². The van der Waals surface area contributed by atoms with Crippen molar-refractivity contribution >= 4 is 17.5 Å². The molecular weight excluding hydrogens is 198 g/mol. The number of hydrogen-bond donors (Lipinski definition) is 4. The predicted molar refractivity (Wildman–Crippen MR) is 55.3 cm³/mol. The van der Waals surface area contributed by atoms with E-state index in [1.165, 1.54) is 6.20 Å². The first kappa shape index (κ1) is 11.2. The molecule has 0 aliphatic carbocycles. The fourth-order valence-electron chi connectivity index (χ4n) is 0.873. The number of hydrogen-bond acceptors (Lipinski definition) is 6. The van der Waals surface area contributed by atoms with Gasteiger partial charge in [-0.05, 0) is 0 Å². The summed E-state index contributed by atoms with van der Waals surface area (Å²) in [4.78, 5) is 18.5. The summed E-state index contributed by atoms with van der Waals surface area (Å²) in [5.41, 5.74) is 4.88. The van der Waals surface area contributed by atoms with Crippen LogP contribution in [0.15, 0.2) is 12.4 Å². The minimum Gasteiger partial charge on any atom is -0.381 e. The summed E-state index contributed by atoms with van der Waals surface area (Å²) < 4.78 is 0. The Balaban J connectivity index is 2.53. The average Bonchev–Trinajstić information content (AvgIpc) is 2.26. The number of rotatable bonds is 5. The number of amides is 1. The molecule has 7 nitrogen and oxygen atoms in total. The molecule has 0 aromatic carbocycles. The van der Waals surface area contributed by atoms with Crippen LogP contribution in [0, 0.1) is 0 Å². The van der Waals surface area contributed by atoms with Gasteiger partial charge in [0.1, 0.15) is 17.7 Å². The number of nitrogens with two attached hydrogens (primary N) is 1. The fraction of sp³-hybridized carbons (Fsp3) is 0.375. The first-order valence-corrected chi connectivity index (χ1v) is 4.34. The lowest BCUT2D eigenvalue weighted by molar-refractivity contribution is -0.125. The van der Waals surface area contributed by atoms with E-state index in [-0.39, 0.29) is 6.54 Å². The molecule has 1 rings (SSSR count). The van der Waals surface area contributed by atoms with Gasteiger partial charge in [0.05, 0.1) is 18.9 Å². The molecule has 1 aromatic heterocycles. The SMILES string of the molecule is CNc1cncc(NCC(O)C(N)=O)n1. The normalized spacial score (nSPS) is 11.9. The highest BCUT2D eigenvalue weighted by Gasteiger charge is 2.10. The van der Waals surface area contributed by atoms with E-state index in [1.54, 1.807) is 13.2 Å². The highest BCUT2D eigenvalue weighted by molar-refractivity contribution is 5.79. The monoisotopic (exact) mass is 211 g/mol. The maximum Gasteiger partial charge on any atom is 0.248 e. The molecule has 1 amide bonds. The standard InChI is InChI=1S/C8H13N5O2/c1-10-6-3-11-4-7(13-6)12-2-5(14)8(9)15/h3-5,14H,2H2,1H3,(H2,9,15)(H2,10,12,13). The number of aliphatic hydroxyl groups excluding tert-OH is 1. The maximum absolute atomic E-state index is 10.5. The summed E-state index contributed by atoms with van der Waals surface area (Å²) in [5.74, 6) is 0.274. The van der Waals surface area contributed by atoms with Crippen molar-refractivity contribution in [1.29, 1.82) is 0 Å². The number of primary amides is 1. The predicted octanol–water partition coefficient (Wildman–Crippen LogP) is -1.22. The van der Waals surface area contributed by atoms with Crippen molar-refractivity contribution in [3.8, 4) is 0 Å². The van der Waals surface area contributed by atoms with Crippen LogP contribution in [0.5, 0.6) is 0 Å². The summed E-state index contributed by atoms with van der Waals surface area (Å²) in [5, 5.41) is 14.7. The van der Waals surface area contributed by atoms with Gasteiger partial charge in [0.2, 0.25) is 5.91 Å². The largest absolute Gasteiger partial charge is 0.381 e. The minimum absolute atomic E-state index is 0.0111. The van der Waals surface area contributed by atoms with Crippen molar-refractivity contribution < 1.29 is 9.90 Å². The Labute approximate surface area is 86.7 Å². The lowest BCUT2D eigenvalue weighted by atomic mass is 10.3. The van der Waals surface area contributed by atoms with E-state index < -0.39 is 12.0 Å². The van der Waals surface area contributed by atoms with Gasteiger partial charge < -0.3 is 21.5 Å². The van der Waals surface area contributed by atoms with Gasteiger partial charge >= 0.3 is 0 Å². The zero-order valence-electron chi connectivity index (χ0n) is 8.27. The van der Waals surface area contributed by atoms with Gasteiger partial charge in [0.25, 0.3) is 0 Å².